The number of amides is 1. The summed E-state index contributed by atoms with van der Waals surface area (Å²) in [6.07, 6.45) is 0. The zero-order valence-electron chi connectivity index (χ0n) is 17.8. The molecule has 3 rings (SSSR count). The Morgan fingerprint density at radius 2 is 1.87 bits per heavy atom. The Morgan fingerprint density at radius 1 is 1.16 bits per heavy atom. The molecular formula is C23H24Cl2N2O4. The van der Waals surface area contributed by atoms with Crippen LogP contribution < -0.4 is 4.74 Å². The second-order valence-electron chi connectivity index (χ2n) is 7.65. The molecule has 0 spiro atoms. The summed E-state index contributed by atoms with van der Waals surface area (Å²) >= 11 is 12.5. The first-order valence-corrected chi connectivity index (χ1v) is 10.4. The standard InChI is InChI=1S/C23H24Cl2N2O4/c1-13-11-14(5-8-18(13)31-4)21(28)19-20(16-7-6-15(24)12-17(16)25)27(10-9-26(2)3)23(30)22(19)29/h5-8,11-12,20,28H,9-10H2,1-4H3/t20-/m0/s1. The number of aliphatic hydroxyl groups is 1. The molecular weight excluding hydrogens is 439 g/mol. The van der Waals surface area contributed by atoms with Crippen LogP contribution in [0, 0.1) is 6.92 Å². The minimum atomic E-state index is -0.827. The first kappa shape index (κ1) is 23.1. The monoisotopic (exact) mass is 462 g/mol. The van der Waals surface area contributed by atoms with Crippen LogP contribution in [0.1, 0.15) is 22.7 Å². The number of aryl methyl sites for hydroxylation is 1. The predicted octanol–water partition coefficient (Wildman–Crippen LogP) is 4.29. The molecule has 1 aliphatic heterocycles. The van der Waals surface area contributed by atoms with E-state index in [9.17, 15) is 14.7 Å². The number of hydrogen-bond donors (Lipinski definition) is 1. The number of ether oxygens (including phenoxy) is 1. The van der Waals surface area contributed by atoms with Crippen molar-refractivity contribution in [3.63, 3.8) is 0 Å². The minimum absolute atomic E-state index is 0.00227. The lowest BCUT2D eigenvalue weighted by atomic mass is 9.94. The molecule has 1 amide bonds. The number of nitrogens with zero attached hydrogens (tertiary/aromatic N) is 2. The largest absolute Gasteiger partial charge is 0.507 e. The Kier molecular flexibility index (Phi) is 6.94. The second-order valence-corrected chi connectivity index (χ2v) is 8.49. The molecule has 0 aromatic heterocycles. The van der Waals surface area contributed by atoms with E-state index in [-0.39, 0.29) is 11.3 Å². The third kappa shape index (κ3) is 4.56. The number of likely N-dealkylation sites (N-methyl/N-ethyl adjacent to an activating group) is 1. The van der Waals surface area contributed by atoms with Gasteiger partial charge in [0.2, 0.25) is 0 Å². The lowest BCUT2D eigenvalue weighted by molar-refractivity contribution is -0.140. The van der Waals surface area contributed by atoms with Gasteiger partial charge in [-0.1, -0.05) is 29.3 Å². The van der Waals surface area contributed by atoms with Gasteiger partial charge in [0.1, 0.15) is 11.5 Å². The molecule has 1 atom stereocenters. The SMILES string of the molecule is COc1ccc(C(O)=C2C(=O)C(=O)N(CCN(C)C)[C@H]2c2ccc(Cl)cc2Cl)cc1C. The highest BCUT2D eigenvalue weighted by Gasteiger charge is 2.46. The highest BCUT2D eigenvalue weighted by Crippen LogP contribution is 2.42. The van der Waals surface area contributed by atoms with E-state index in [1.807, 2.05) is 25.9 Å². The van der Waals surface area contributed by atoms with Crippen LogP contribution in [0.4, 0.5) is 0 Å². The van der Waals surface area contributed by atoms with E-state index < -0.39 is 17.7 Å². The number of likely N-dealkylation sites (tertiary alicyclic amines) is 1. The number of aliphatic hydroxyl groups excluding tert-OH is 1. The number of rotatable bonds is 6. The number of hydrogen-bond acceptors (Lipinski definition) is 5. The molecule has 2 aromatic carbocycles. The van der Waals surface area contributed by atoms with Crippen LogP contribution in [-0.4, -0.2) is 60.9 Å². The molecule has 8 heteroatoms. The topological polar surface area (TPSA) is 70.1 Å². The first-order chi connectivity index (χ1) is 14.6. The number of Topliss-reactive ketones (excluding diaryl/α,β-unsaturated/α-hetero) is 1. The molecule has 0 aliphatic carbocycles. The van der Waals surface area contributed by atoms with Gasteiger partial charge in [-0.15, -0.1) is 0 Å². The average Bonchev–Trinajstić information content (AvgIpc) is 2.96. The maximum absolute atomic E-state index is 13.0. The van der Waals surface area contributed by atoms with Gasteiger partial charge in [0.05, 0.1) is 18.7 Å². The molecule has 0 saturated carbocycles. The Bertz CT molecular complexity index is 1070. The molecule has 1 aliphatic rings. The third-order valence-electron chi connectivity index (χ3n) is 5.25. The van der Waals surface area contributed by atoms with Crippen LogP contribution in [-0.2, 0) is 9.59 Å². The molecule has 1 fully saturated rings. The summed E-state index contributed by atoms with van der Waals surface area (Å²) in [5.74, 6) is -1.03. The number of carbonyl (C=O) groups excluding carboxylic acids is 2. The van der Waals surface area contributed by atoms with Crippen LogP contribution in [0.25, 0.3) is 5.76 Å². The Balaban J connectivity index is 2.19. The summed E-state index contributed by atoms with van der Waals surface area (Å²) in [6.45, 7) is 2.66. The number of benzene rings is 2. The molecule has 1 heterocycles. The normalized spacial score (nSPS) is 18.2. The third-order valence-corrected chi connectivity index (χ3v) is 5.82. The van der Waals surface area contributed by atoms with Crippen molar-refractivity contribution in [1.82, 2.24) is 9.80 Å². The maximum atomic E-state index is 13.0. The zero-order valence-corrected chi connectivity index (χ0v) is 19.3. The molecule has 1 N–H and O–H groups in total. The van der Waals surface area contributed by atoms with Gasteiger partial charge in [0.25, 0.3) is 11.7 Å². The van der Waals surface area contributed by atoms with Crippen molar-refractivity contribution in [3.8, 4) is 5.75 Å². The molecule has 0 unspecified atom stereocenters. The van der Waals surface area contributed by atoms with Crippen LogP contribution in [0.2, 0.25) is 10.0 Å². The van der Waals surface area contributed by atoms with Gasteiger partial charge in [0.15, 0.2) is 0 Å². The van der Waals surface area contributed by atoms with E-state index in [1.54, 1.807) is 43.5 Å². The van der Waals surface area contributed by atoms with Crippen molar-refractivity contribution in [1.29, 1.82) is 0 Å². The van der Waals surface area contributed by atoms with Gasteiger partial charge in [0, 0.05) is 28.7 Å². The van der Waals surface area contributed by atoms with Crippen LogP contribution in [0.15, 0.2) is 42.0 Å². The molecule has 0 radical (unpaired) electrons. The fraction of sp³-hybridized carbons (Fsp3) is 0.304. The van der Waals surface area contributed by atoms with Crippen molar-refractivity contribution < 1.29 is 19.4 Å². The number of carbonyl (C=O) groups is 2. The summed E-state index contributed by atoms with van der Waals surface area (Å²) < 4.78 is 5.27. The average molecular weight is 463 g/mol. The number of halogens is 2. The van der Waals surface area contributed by atoms with E-state index in [0.717, 1.165) is 5.56 Å². The second kappa shape index (κ2) is 9.30. The summed E-state index contributed by atoms with van der Waals surface area (Å²) in [5, 5.41) is 11.9. The minimum Gasteiger partial charge on any atom is -0.507 e. The Morgan fingerprint density at radius 3 is 2.45 bits per heavy atom. The van der Waals surface area contributed by atoms with Gasteiger partial charge < -0.3 is 19.6 Å². The van der Waals surface area contributed by atoms with Crippen molar-refractivity contribution in [2.45, 2.75) is 13.0 Å². The van der Waals surface area contributed by atoms with Crippen LogP contribution in [0.3, 0.4) is 0 Å². The summed E-state index contributed by atoms with van der Waals surface area (Å²) in [6, 6.07) is 9.12. The van der Waals surface area contributed by atoms with Crippen LogP contribution in [0.5, 0.6) is 5.75 Å². The Hall–Kier alpha value is -2.54. The van der Waals surface area contributed by atoms with Crippen molar-refractivity contribution in [3.05, 3.63) is 68.7 Å². The van der Waals surface area contributed by atoms with E-state index in [2.05, 4.69) is 0 Å². The number of ketones is 1. The summed E-state index contributed by atoms with van der Waals surface area (Å²) in [7, 11) is 5.31. The quantitative estimate of drug-likeness (QED) is 0.393. The molecule has 31 heavy (non-hydrogen) atoms. The van der Waals surface area contributed by atoms with Crippen molar-refractivity contribution >= 4 is 40.7 Å². The summed E-state index contributed by atoms with van der Waals surface area (Å²) in [4.78, 5) is 29.3. The van der Waals surface area contributed by atoms with E-state index in [1.165, 1.54) is 4.90 Å². The van der Waals surface area contributed by atoms with Crippen LogP contribution >= 0.6 is 23.2 Å². The molecule has 2 aromatic rings. The highest BCUT2D eigenvalue weighted by molar-refractivity contribution is 6.47. The molecule has 0 bridgehead atoms. The van der Waals surface area contributed by atoms with Crippen molar-refractivity contribution in [2.75, 3.05) is 34.3 Å². The zero-order chi connectivity index (χ0) is 22.9. The number of methoxy groups -OCH3 is 1. The maximum Gasteiger partial charge on any atom is 0.295 e. The predicted molar refractivity (Wildman–Crippen MR) is 122 cm³/mol. The molecule has 6 nitrogen and oxygen atoms in total. The molecule has 164 valence electrons. The summed E-state index contributed by atoms with van der Waals surface area (Å²) in [5.41, 5.74) is 1.72. The smallest absolute Gasteiger partial charge is 0.295 e. The molecule has 1 saturated heterocycles. The highest BCUT2D eigenvalue weighted by atomic mass is 35.5. The van der Waals surface area contributed by atoms with Gasteiger partial charge >= 0.3 is 0 Å². The lowest BCUT2D eigenvalue weighted by Gasteiger charge is -2.27. The van der Waals surface area contributed by atoms with E-state index in [0.29, 0.717) is 40.0 Å². The van der Waals surface area contributed by atoms with Crippen molar-refractivity contribution in [2.24, 2.45) is 0 Å². The van der Waals surface area contributed by atoms with Gasteiger partial charge in [-0.2, -0.15) is 0 Å². The van der Waals surface area contributed by atoms with Gasteiger partial charge in [-0.25, -0.2) is 0 Å². The van der Waals surface area contributed by atoms with E-state index >= 15 is 0 Å². The first-order valence-electron chi connectivity index (χ1n) is 9.68. The van der Waals surface area contributed by atoms with Gasteiger partial charge in [-0.05, 0) is 62.5 Å². The lowest BCUT2D eigenvalue weighted by Crippen LogP contribution is -2.35. The fourth-order valence-corrected chi connectivity index (χ4v) is 4.16. The van der Waals surface area contributed by atoms with Gasteiger partial charge in [-0.3, -0.25) is 9.59 Å². The fourth-order valence-electron chi connectivity index (χ4n) is 3.65. The Labute approximate surface area is 191 Å². The van der Waals surface area contributed by atoms with E-state index in [4.69, 9.17) is 27.9 Å².